The second kappa shape index (κ2) is 7.03. The lowest BCUT2D eigenvalue weighted by molar-refractivity contribution is 0.631. The standard InChI is InChI=1S/C14H16BrN3S/c1-2-12(16)13(10-6-3-4-7-11(10)15)19-14-17-8-5-9-18-14/h3-9,12-13H,2,16H2,1H3. The Balaban J connectivity index is 2.29. The molecule has 0 spiro atoms. The first-order valence-corrected chi connectivity index (χ1v) is 7.83. The number of nitrogens with two attached hydrogens (primary N) is 1. The van der Waals surface area contributed by atoms with Crippen molar-refractivity contribution in [3.63, 3.8) is 0 Å². The Morgan fingerprint density at radius 2 is 1.89 bits per heavy atom. The maximum Gasteiger partial charge on any atom is 0.188 e. The SMILES string of the molecule is CCC(N)C(Sc1ncccn1)c1ccccc1Br. The van der Waals surface area contributed by atoms with E-state index in [-0.39, 0.29) is 11.3 Å². The van der Waals surface area contributed by atoms with Crippen LogP contribution in [0.1, 0.15) is 24.2 Å². The zero-order chi connectivity index (χ0) is 13.7. The molecule has 100 valence electrons. The van der Waals surface area contributed by atoms with E-state index in [0.29, 0.717) is 0 Å². The summed E-state index contributed by atoms with van der Waals surface area (Å²) in [7, 11) is 0. The summed E-state index contributed by atoms with van der Waals surface area (Å²) in [5.74, 6) is 0. The lowest BCUT2D eigenvalue weighted by Crippen LogP contribution is -2.26. The monoisotopic (exact) mass is 337 g/mol. The summed E-state index contributed by atoms with van der Waals surface area (Å²) in [5.41, 5.74) is 7.46. The predicted octanol–water partition coefficient (Wildman–Crippen LogP) is 3.81. The molecule has 0 saturated carbocycles. The predicted molar refractivity (Wildman–Crippen MR) is 83.0 cm³/mol. The molecule has 3 nitrogen and oxygen atoms in total. The molecule has 1 heterocycles. The highest BCUT2D eigenvalue weighted by molar-refractivity contribution is 9.10. The lowest BCUT2D eigenvalue weighted by Gasteiger charge is -2.23. The number of halogens is 1. The molecule has 0 aliphatic carbocycles. The van der Waals surface area contributed by atoms with Crippen molar-refractivity contribution < 1.29 is 0 Å². The van der Waals surface area contributed by atoms with Gasteiger partial charge in [-0.15, -0.1) is 0 Å². The van der Waals surface area contributed by atoms with E-state index in [4.69, 9.17) is 5.73 Å². The first kappa shape index (κ1) is 14.5. The van der Waals surface area contributed by atoms with Crippen LogP contribution in [-0.2, 0) is 0 Å². The summed E-state index contributed by atoms with van der Waals surface area (Å²) in [6.07, 6.45) is 4.42. The molecular formula is C14H16BrN3S. The molecule has 0 bridgehead atoms. The zero-order valence-electron chi connectivity index (χ0n) is 10.7. The first-order valence-electron chi connectivity index (χ1n) is 6.16. The zero-order valence-corrected chi connectivity index (χ0v) is 13.1. The minimum atomic E-state index is 0.0625. The molecule has 0 aliphatic rings. The molecule has 0 radical (unpaired) electrons. The molecule has 0 saturated heterocycles. The number of aromatic nitrogens is 2. The van der Waals surface area contributed by atoms with Gasteiger partial charge in [-0.25, -0.2) is 9.97 Å². The van der Waals surface area contributed by atoms with E-state index in [2.05, 4.69) is 38.9 Å². The largest absolute Gasteiger partial charge is 0.326 e. The molecule has 1 aromatic carbocycles. The molecule has 19 heavy (non-hydrogen) atoms. The lowest BCUT2D eigenvalue weighted by atomic mass is 10.0. The fourth-order valence-electron chi connectivity index (χ4n) is 1.76. The van der Waals surface area contributed by atoms with Gasteiger partial charge >= 0.3 is 0 Å². The maximum absolute atomic E-state index is 6.27. The molecule has 2 aromatic rings. The molecule has 2 atom stereocenters. The second-order valence-corrected chi connectivity index (χ2v) is 6.13. The van der Waals surface area contributed by atoms with Gasteiger partial charge in [0, 0.05) is 22.9 Å². The second-order valence-electron chi connectivity index (χ2n) is 4.16. The van der Waals surface area contributed by atoms with Gasteiger partial charge in [0.2, 0.25) is 0 Å². The molecule has 0 amide bonds. The molecule has 5 heteroatoms. The van der Waals surface area contributed by atoms with Gasteiger partial charge < -0.3 is 5.73 Å². The summed E-state index contributed by atoms with van der Waals surface area (Å²) in [6, 6.07) is 10.1. The Bertz CT molecular complexity index is 521. The molecule has 1 aromatic heterocycles. The fourth-order valence-corrected chi connectivity index (χ4v) is 3.61. The molecule has 2 N–H and O–H groups in total. The van der Waals surface area contributed by atoms with E-state index in [1.807, 2.05) is 24.3 Å². The number of benzene rings is 1. The van der Waals surface area contributed by atoms with Gasteiger partial charge in [-0.1, -0.05) is 52.8 Å². The quantitative estimate of drug-likeness (QED) is 0.665. The number of nitrogens with zero attached hydrogens (tertiary/aromatic N) is 2. The smallest absolute Gasteiger partial charge is 0.188 e. The van der Waals surface area contributed by atoms with E-state index in [1.165, 1.54) is 5.56 Å². The van der Waals surface area contributed by atoms with Crippen LogP contribution in [0, 0.1) is 0 Å². The maximum atomic E-state index is 6.27. The van der Waals surface area contributed by atoms with Crippen LogP contribution in [0.15, 0.2) is 52.4 Å². The van der Waals surface area contributed by atoms with E-state index in [1.54, 1.807) is 24.2 Å². The Morgan fingerprint density at radius 1 is 1.21 bits per heavy atom. The topological polar surface area (TPSA) is 51.8 Å². The minimum Gasteiger partial charge on any atom is -0.326 e. The Labute approximate surface area is 126 Å². The molecule has 2 unspecified atom stereocenters. The third kappa shape index (κ3) is 3.78. The van der Waals surface area contributed by atoms with Crippen LogP contribution in [0.2, 0.25) is 0 Å². The van der Waals surface area contributed by atoms with E-state index in [9.17, 15) is 0 Å². The summed E-state index contributed by atoms with van der Waals surface area (Å²) in [5, 5.41) is 0.898. The van der Waals surface area contributed by atoms with Crippen molar-refractivity contribution in [2.45, 2.75) is 29.8 Å². The summed E-state index contributed by atoms with van der Waals surface area (Å²) < 4.78 is 1.08. The minimum absolute atomic E-state index is 0.0625. The number of rotatable bonds is 5. The van der Waals surface area contributed by atoms with Gasteiger partial charge in [-0.2, -0.15) is 0 Å². The van der Waals surface area contributed by atoms with Crippen molar-refractivity contribution in [3.05, 3.63) is 52.8 Å². The van der Waals surface area contributed by atoms with Gasteiger partial charge in [0.25, 0.3) is 0 Å². The van der Waals surface area contributed by atoms with Gasteiger partial charge in [0.1, 0.15) is 0 Å². The van der Waals surface area contributed by atoms with Crippen molar-refractivity contribution >= 4 is 27.7 Å². The van der Waals surface area contributed by atoms with E-state index >= 15 is 0 Å². The number of hydrogen-bond acceptors (Lipinski definition) is 4. The van der Waals surface area contributed by atoms with Gasteiger partial charge in [-0.05, 0) is 24.1 Å². The van der Waals surface area contributed by atoms with Crippen LogP contribution in [0.4, 0.5) is 0 Å². The van der Waals surface area contributed by atoms with Crippen molar-refractivity contribution in [2.24, 2.45) is 5.73 Å². The average molecular weight is 338 g/mol. The van der Waals surface area contributed by atoms with Crippen molar-refractivity contribution in [3.8, 4) is 0 Å². The average Bonchev–Trinajstić information content (AvgIpc) is 2.46. The van der Waals surface area contributed by atoms with Gasteiger partial charge in [0.05, 0.1) is 5.25 Å². The van der Waals surface area contributed by atoms with E-state index in [0.717, 1.165) is 16.0 Å². The van der Waals surface area contributed by atoms with Gasteiger partial charge in [-0.3, -0.25) is 0 Å². The highest BCUT2D eigenvalue weighted by Crippen LogP contribution is 2.39. The first-order chi connectivity index (χ1) is 9.22. The van der Waals surface area contributed by atoms with Crippen LogP contribution >= 0.6 is 27.7 Å². The van der Waals surface area contributed by atoms with E-state index < -0.39 is 0 Å². The Hall–Kier alpha value is -0.910. The fraction of sp³-hybridized carbons (Fsp3) is 0.286. The number of hydrogen-bond donors (Lipinski definition) is 1. The van der Waals surface area contributed by atoms with Crippen LogP contribution in [0.5, 0.6) is 0 Å². The third-order valence-electron chi connectivity index (χ3n) is 2.85. The molecule has 0 fully saturated rings. The summed E-state index contributed by atoms with van der Waals surface area (Å²) >= 11 is 5.21. The highest BCUT2D eigenvalue weighted by atomic mass is 79.9. The summed E-state index contributed by atoms with van der Waals surface area (Å²) in [4.78, 5) is 8.54. The van der Waals surface area contributed by atoms with Crippen molar-refractivity contribution in [2.75, 3.05) is 0 Å². The molecule has 2 rings (SSSR count). The molecular weight excluding hydrogens is 322 g/mol. The van der Waals surface area contributed by atoms with Crippen LogP contribution in [0.25, 0.3) is 0 Å². The third-order valence-corrected chi connectivity index (χ3v) is 4.85. The number of thioether (sulfide) groups is 1. The Morgan fingerprint density at radius 3 is 2.53 bits per heavy atom. The van der Waals surface area contributed by atoms with Crippen molar-refractivity contribution in [1.82, 2.24) is 9.97 Å². The van der Waals surface area contributed by atoms with Crippen LogP contribution in [0.3, 0.4) is 0 Å². The van der Waals surface area contributed by atoms with Crippen molar-refractivity contribution in [1.29, 1.82) is 0 Å². The highest BCUT2D eigenvalue weighted by Gasteiger charge is 2.22. The van der Waals surface area contributed by atoms with Crippen LogP contribution in [-0.4, -0.2) is 16.0 Å². The summed E-state index contributed by atoms with van der Waals surface area (Å²) in [6.45, 7) is 2.10. The normalized spacial score (nSPS) is 14.1. The molecule has 0 aliphatic heterocycles. The van der Waals surface area contributed by atoms with Crippen LogP contribution < -0.4 is 5.73 Å². The van der Waals surface area contributed by atoms with Gasteiger partial charge in [0.15, 0.2) is 5.16 Å². The Kier molecular flexibility index (Phi) is 5.36.